The van der Waals surface area contributed by atoms with Crippen molar-refractivity contribution in [2.75, 3.05) is 0 Å². The molecule has 1 N–H and O–H groups in total. The molecule has 5 nitrogen and oxygen atoms in total. The smallest absolute Gasteiger partial charge is 0.417 e. The Morgan fingerprint density at radius 3 is 2.50 bits per heavy atom. The second kappa shape index (κ2) is 6.45. The van der Waals surface area contributed by atoms with Crippen molar-refractivity contribution in [3.05, 3.63) is 64.1 Å². The lowest BCUT2D eigenvalue weighted by atomic mass is 10.0. The first-order valence-corrected chi connectivity index (χ1v) is 7.62. The van der Waals surface area contributed by atoms with Crippen molar-refractivity contribution in [1.82, 2.24) is 9.97 Å². The average Bonchev–Trinajstić information content (AvgIpc) is 2.90. The van der Waals surface area contributed by atoms with Gasteiger partial charge in [0.15, 0.2) is 0 Å². The number of aliphatic carboxylic acids is 1. The summed E-state index contributed by atoms with van der Waals surface area (Å²) in [6, 6.07) is 6.25. The van der Waals surface area contributed by atoms with Crippen LogP contribution in [0.25, 0.3) is 10.9 Å². The molecule has 0 saturated carbocycles. The molecule has 1 aromatic carbocycles. The van der Waals surface area contributed by atoms with Crippen molar-refractivity contribution in [3.63, 3.8) is 0 Å². The summed E-state index contributed by atoms with van der Waals surface area (Å²) in [6.07, 6.45) is -4.58. The molecule has 0 aliphatic carbocycles. The number of hydrogen-bond acceptors (Lipinski definition) is 4. The largest absolute Gasteiger partial charge is 0.550 e. The number of pyridine rings is 1. The number of nitrogens with zero attached hydrogens (tertiary/aromatic N) is 1. The maximum absolute atomic E-state index is 12.6. The molecule has 0 unspecified atom stereocenters. The third-order valence-electron chi connectivity index (χ3n) is 3.74. The number of carbonyl (C=O) groups is 2. The first-order chi connectivity index (χ1) is 12.2. The Morgan fingerprint density at radius 1 is 1.19 bits per heavy atom. The van der Waals surface area contributed by atoms with E-state index in [-0.39, 0.29) is 17.0 Å². The number of aromatic amines is 1. The number of halogens is 4. The Hall–Kier alpha value is -2.87. The minimum Gasteiger partial charge on any atom is -0.550 e. The van der Waals surface area contributed by atoms with Gasteiger partial charge in [-0.1, -0.05) is 17.7 Å². The number of hydrogen-bond donors (Lipinski definition) is 1. The second-order valence-electron chi connectivity index (χ2n) is 5.48. The zero-order chi connectivity index (χ0) is 19.1. The fourth-order valence-electron chi connectivity index (χ4n) is 2.57. The number of benzene rings is 1. The molecule has 0 fully saturated rings. The third kappa shape index (κ3) is 3.41. The molecule has 3 rings (SSSR count). The van der Waals surface area contributed by atoms with Gasteiger partial charge in [0.1, 0.15) is 5.69 Å². The second-order valence-corrected chi connectivity index (χ2v) is 5.91. The highest BCUT2D eigenvalue weighted by atomic mass is 35.5. The van der Waals surface area contributed by atoms with Crippen molar-refractivity contribution in [3.8, 4) is 0 Å². The Kier molecular flexibility index (Phi) is 4.45. The van der Waals surface area contributed by atoms with Crippen LogP contribution in [0.1, 0.15) is 27.3 Å². The summed E-state index contributed by atoms with van der Waals surface area (Å²) >= 11 is 5.89. The van der Waals surface area contributed by atoms with E-state index >= 15 is 0 Å². The van der Waals surface area contributed by atoms with Gasteiger partial charge in [0, 0.05) is 34.5 Å². The average molecular weight is 382 g/mol. The lowest BCUT2D eigenvalue weighted by molar-refractivity contribution is -0.304. The molecular weight excluding hydrogens is 373 g/mol. The van der Waals surface area contributed by atoms with Gasteiger partial charge in [0.2, 0.25) is 5.78 Å². The van der Waals surface area contributed by atoms with Gasteiger partial charge in [0.05, 0.1) is 11.3 Å². The van der Waals surface area contributed by atoms with Crippen LogP contribution in [0.4, 0.5) is 13.2 Å². The van der Waals surface area contributed by atoms with E-state index in [1.807, 2.05) is 0 Å². The number of ketones is 1. The maximum atomic E-state index is 12.6. The molecule has 0 saturated heterocycles. The van der Waals surface area contributed by atoms with Crippen molar-refractivity contribution >= 4 is 34.3 Å². The van der Waals surface area contributed by atoms with Gasteiger partial charge in [-0.25, -0.2) is 0 Å². The number of carboxylic acids is 1. The summed E-state index contributed by atoms with van der Waals surface area (Å²) in [6.45, 7) is 0. The number of carbonyl (C=O) groups excluding carboxylic acids is 2. The molecule has 0 radical (unpaired) electrons. The third-order valence-corrected chi connectivity index (χ3v) is 3.97. The highest BCUT2D eigenvalue weighted by Crippen LogP contribution is 2.30. The van der Waals surface area contributed by atoms with Crippen LogP contribution in [0.2, 0.25) is 5.02 Å². The van der Waals surface area contributed by atoms with E-state index < -0.39 is 29.9 Å². The Balaban J connectivity index is 2.08. The molecule has 0 aliphatic rings. The lowest BCUT2D eigenvalue weighted by Crippen LogP contribution is -2.25. The van der Waals surface area contributed by atoms with Gasteiger partial charge in [-0.2, -0.15) is 13.2 Å². The van der Waals surface area contributed by atoms with Gasteiger partial charge < -0.3 is 14.9 Å². The van der Waals surface area contributed by atoms with Crippen molar-refractivity contribution in [1.29, 1.82) is 0 Å². The molecule has 3 aromatic rings. The van der Waals surface area contributed by atoms with E-state index in [1.165, 1.54) is 12.1 Å². The fourth-order valence-corrected chi connectivity index (χ4v) is 2.75. The maximum Gasteiger partial charge on any atom is 0.417 e. The van der Waals surface area contributed by atoms with Crippen molar-refractivity contribution < 1.29 is 27.9 Å². The van der Waals surface area contributed by atoms with Crippen LogP contribution in [-0.2, 0) is 17.4 Å². The zero-order valence-electron chi connectivity index (χ0n) is 12.9. The number of alkyl halides is 3. The van der Waals surface area contributed by atoms with E-state index in [9.17, 15) is 27.9 Å². The van der Waals surface area contributed by atoms with Crippen LogP contribution in [0.15, 0.2) is 36.5 Å². The number of fused-ring (bicyclic) bond motifs is 1. The van der Waals surface area contributed by atoms with E-state index in [1.54, 1.807) is 6.07 Å². The fraction of sp³-hybridized carbons (Fsp3) is 0.118. The van der Waals surface area contributed by atoms with E-state index in [0.717, 1.165) is 12.1 Å². The normalized spacial score (nSPS) is 11.7. The van der Waals surface area contributed by atoms with Crippen LogP contribution in [-0.4, -0.2) is 21.7 Å². The molecule has 0 amide bonds. The molecule has 0 spiro atoms. The summed E-state index contributed by atoms with van der Waals surface area (Å²) in [5.41, 5.74) is -0.756. The van der Waals surface area contributed by atoms with E-state index in [0.29, 0.717) is 22.1 Å². The lowest BCUT2D eigenvalue weighted by Gasteiger charge is -2.07. The first-order valence-electron chi connectivity index (χ1n) is 7.24. The molecule has 9 heteroatoms. The van der Waals surface area contributed by atoms with Crippen LogP contribution in [0, 0.1) is 0 Å². The highest BCUT2D eigenvalue weighted by molar-refractivity contribution is 6.31. The highest BCUT2D eigenvalue weighted by Gasteiger charge is 2.31. The first kappa shape index (κ1) is 17.9. The quantitative estimate of drug-likeness (QED) is 0.704. The molecule has 2 aromatic heterocycles. The molecule has 0 aliphatic heterocycles. The Morgan fingerprint density at radius 2 is 1.92 bits per heavy atom. The zero-order valence-corrected chi connectivity index (χ0v) is 13.6. The van der Waals surface area contributed by atoms with Gasteiger partial charge in [0.25, 0.3) is 0 Å². The summed E-state index contributed by atoms with van der Waals surface area (Å²) in [5.74, 6) is -2.14. The topological polar surface area (TPSA) is 85.9 Å². The molecule has 0 atom stereocenters. The summed E-state index contributed by atoms with van der Waals surface area (Å²) in [4.78, 5) is 30.0. The predicted molar refractivity (Wildman–Crippen MR) is 84.7 cm³/mol. The molecular formula is C17H9ClF3N2O3-. The van der Waals surface area contributed by atoms with Crippen molar-refractivity contribution in [2.45, 2.75) is 12.6 Å². The Bertz CT molecular complexity index is 1010. The van der Waals surface area contributed by atoms with Crippen LogP contribution in [0.3, 0.4) is 0 Å². The van der Waals surface area contributed by atoms with Gasteiger partial charge in [-0.15, -0.1) is 0 Å². The summed E-state index contributed by atoms with van der Waals surface area (Å²) in [7, 11) is 0. The summed E-state index contributed by atoms with van der Waals surface area (Å²) in [5, 5.41) is 11.9. The van der Waals surface area contributed by atoms with Crippen molar-refractivity contribution in [2.24, 2.45) is 0 Å². The molecule has 0 bridgehead atoms. The molecule has 2 heterocycles. The predicted octanol–water partition coefficient (Wildman–Crippen LogP) is 2.76. The van der Waals surface area contributed by atoms with Gasteiger partial charge in [-0.3, -0.25) is 9.78 Å². The van der Waals surface area contributed by atoms with Gasteiger partial charge in [-0.05, 0) is 29.8 Å². The molecule has 26 heavy (non-hydrogen) atoms. The van der Waals surface area contributed by atoms with Crippen LogP contribution >= 0.6 is 11.6 Å². The standard InChI is InChI=1S/C17H10ClF3N2O3/c18-9-2-3-10-11(6-14(24)25)15(23-13(10)5-9)16(26)12-4-1-8(7-22-12)17(19,20)21/h1-5,7,23H,6H2,(H,24,25)/p-1. The number of carboxylic acid groups (broad SMARTS) is 1. The van der Waals surface area contributed by atoms with E-state index in [2.05, 4.69) is 9.97 Å². The Labute approximate surface area is 149 Å². The minimum atomic E-state index is -4.58. The van der Waals surface area contributed by atoms with Gasteiger partial charge >= 0.3 is 6.18 Å². The monoisotopic (exact) mass is 381 g/mol. The van der Waals surface area contributed by atoms with Crippen LogP contribution < -0.4 is 5.11 Å². The number of aromatic nitrogens is 2. The van der Waals surface area contributed by atoms with E-state index in [4.69, 9.17) is 11.6 Å². The SMILES string of the molecule is O=C([O-])Cc1c(C(=O)c2ccc(C(F)(F)F)cn2)[nH]c2cc(Cl)ccc12. The number of rotatable bonds is 4. The number of H-pyrrole nitrogens is 1. The van der Waals surface area contributed by atoms with Crippen LogP contribution in [0.5, 0.6) is 0 Å². The minimum absolute atomic E-state index is 0.0845. The number of nitrogens with one attached hydrogen (secondary N) is 1. The summed E-state index contributed by atoms with van der Waals surface area (Å²) < 4.78 is 37.8. The molecule has 134 valence electrons.